The number of hydrogen-bond acceptors (Lipinski definition) is 2. The summed E-state index contributed by atoms with van der Waals surface area (Å²) in [6.07, 6.45) is 5.33. The zero-order chi connectivity index (χ0) is 15.4. The lowest BCUT2D eigenvalue weighted by Crippen LogP contribution is -2.35. The molecule has 0 saturated heterocycles. The van der Waals surface area contributed by atoms with Gasteiger partial charge in [-0.2, -0.15) is 0 Å². The third-order valence-electron chi connectivity index (χ3n) is 4.53. The Balaban J connectivity index is 1.97. The lowest BCUT2D eigenvalue weighted by Gasteiger charge is -2.21. The van der Waals surface area contributed by atoms with Crippen molar-refractivity contribution in [3.05, 3.63) is 34.9 Å². The highest BCUT2D eigenvalue weighted by Gasteiger charge is 2.17. The number of aryl methyl sites for hydroxylation is 2. The van der Waals surface area contributed by atoms with Crippen molar-refractivity contribution in [2.24, 2.45) is 11.7 Å². The Morgan fingerprint density at radius 1 is 1.19 bits per heavy atom. The molecule has 0 radical (unpaired) electrons. The van der Waals surface area contributed by atoms with Crippen molar-refractivity contribution < 1.29 is 4.79 Å². The Morgan fingerprint density at radius 2 is 1.86 bits per heavy atom. The molecule has 21 heavy (non-hydrogen) atoms. The maximum absolute atomic E-state index is 12.0. The predicted octanol–water partition coefficient (Wildman–Crippen LogP) is 3.12. The van der Waals surface area contributed by atoms with Gasteiger partial charge in [0, 0.05) is 12.5 Å². The Morgan fingerprint density at radius 3 is 2.52 bits per heavy atom. The monoisotopic (exact) mass is 288 g/mol. The maximum atomic E-state index is 12.0. The van der Waals surface area contributed by atoms with E-state index in [2.05, 4.69) is 23.5 Å². The predicted molar refractivity (Wildman–Crippen MR) is 87.1 cm³/mol. The molecule has 0 spiro atoms. The van der Waals surface area contributed by atoms with Crippen molar-refractivity contribution in [2.45, 2.75) is 65.0 Å². The number of fused-ring (bicyclic) bond motifs is 1. The minimum atomic E-state index is -0.0688. The molecule has 1 aliphatic rings. The molecule has 1 amide bonds. The van der Waals surface area contributed by atoms with E-state index in [1.54, 1.807) is 0 Å². The van der Waals surface area contributed by atoms with E-state index < -0.39 is 0 Å². The molecule has 0 saturated carbocycles. The Hall–Kier alpha value is -1.35. The van der Waals surface area contributed by atoms with E-state index in [0.717, 1.165) is 0 Å². The van der Waals surface area contributed by atoms with Crippen LogP contribution in [0.2, 0.25) is 0 Å². The van der Waals surface area contributed by atoms with Gasteiger partial charge < -0.3 is 11.1 Å². The third kappa shape index (κ3) is 4.31. The molecule has 116 valence electrons. The van der Waals surface area contributed by atoms with Gasteiger partial charge in [-0.3, -0.25) is 4.79 Å². The summed E-state index contributed by atoms with van der Waals surface area (Å²) in [7, 11) is 0. The molecule has 2 atom stereocenters. The fourth-order valence-corrected chi connectivity index (χ4v) is 2.86. The number of amides is 1. The summed E-state index contributed by atoms with van der Waals surface area (Å²) in [5.74, 6) is 0.372. The highest BCUT2D eigenvalue weighted by atomic mass is 16.1. The number of carbonyl (C=O) groups excluding carboxylic acids is 1. The molecule has 2 unspecified atom stereocenters. The van der Waals surface area contributed by atoms with E-state index in [9.17, 15) is 4.79 Å². The molecule has 3 heteroatoms. The van der Waals surface area contributed by atoms with Crippen molar-refractivity contribution in [3.8, 4) is 0 Å². The van der Waals surface area contributed by atoms with Gasteiger partial charge in [0.15, 0.2) is 0 Å². The lowest BCUT2D eigenvalue weighted by atomic mass is 9.89. The minimum absolute atomic E-state index is 0.0430. The molecular formula is C18H28N2O. The molecule has 1 aromatic carbocycles. The quantitative estimate of drug-likeness (QED) is 0.874. The zero-order valence-electron chi connectivity index (χ0n) is 13.5. The second kappa shape index (κ2) is 7.08. The van der Waals surface area contributed by atoms with Gasteiger partial charge in [-0.05, 0) is 55.2 Å². The smallest absolute Gasteiger partial charge is 0.222 e. The fraction of sp³-hybridized carbons (Fsp3) is 0.611. The van der Waals surface area contributed by atoms with Gasteiger partial charge in [-0.1, -0.05) is 32.0 Å². The first-order valence-electron chi connectivity index (χ1n) is 8.14. The van der Waals surface area contributed by atoms with Crippen molar-refractivity contribution in [3.63, 3.8) is 0 Å². The summed E-state index contributed by atoms with van der Waals surface area (Å²) in [4.78, 5) is 12.0. The van der Waals surface area contributed by atoms with Gasteiger partial charge in [-0.25, -0.2) is 0 Å². The molecule has 0 aromatic heterocycles. The van der Waals surface area contributed by atoms with E-state index in [1.165, 1.54) is 42.4 Å². The average molecular weight is 288 g/mol. The van der Waals surface area contributed by atoms with E-state index in [1.807, 2.05) is 20.8 Å². The van der Waals surface area contributed by atoms with Crippen LogP contribution in [-0.4, -0.2) is 11.9 Å². The highest BCUT2D eigenvalue weighted by Crippen LogP contribution is 2.24. The standard InChI is InChI=1S/C18H28N2O/c1-12(2)17(19)11-18(21)20-13(3)15-9-8-14-6-4-5-7-16(14)10-15/h8-10,12-13,17H,4-7,11,19H2,1-3H3,(H,20,21). The van der Waals surface area contributed by atoms with Crippen LogP contribution in [0.1, 0.15) is 62.8 Å². The summed E-state index contributed by atoms with van der Waals surface area (Å²) in [5, 5.41) is 3.07. The first-order chi connectivity index (χ1) is 9.97. The molecule has 0 bridgehead atoms. The highest BCUT2D eigenvalue weighted by molar-refractivity contribution is 5.77. The lowest BCUT2D eigenvalue weighted by molar-refractivity contribution is -0.122. The van der Waals surface area contributed by atoms with Gasteiger partial charge in [-0.15, -0.1) is 0 Å². The van der Waals surface area contributed by atoms with Crippen molar-refractivity contribution in [1.82, 2.24) is 5.32 Å². The number of benzene rings is 1. The van der Waals surface area contributed by atoms with Gasteiger partial charge in [0.1, 0.15) is 0 Å². The number of nitrogens with two attached hydrogens (primary N) is 1. The molecule has 0 fully saturated rings. The Kier molecular flexibility index (Phi) is 5.40. The van der Waals surface area contributed by atoms with E-state index in [4.69, 9.17) is 5.73 Å². The van der Waals surface area contributed by atoms with Gasteiger partial charge >= 0.3 is 0 Å². The number of hydrogen-bond donors (Lipinski definition) is 2. The van der Waals surface area contributed by atoms with Crippen LogP contribution in [0.25, 0.3) is 0 Å². The van der Waals surface area contributed by atoms with Crippen LogP contribution < -0.4 is 11.1 Å². The molecule has 2 rings (SSSR count). The molecule has 3 N–H and O–H groups in total. The Labute approximate surface area is 128 Å². The second-order valence-corrected chi connectivity index (χ2v) is 6.64. The van der Waals surface area contributed by atoms with Crippen LogP contribution in [-0.2, 0) is 17.6 Å². The number of rotatable bonds is 5. The van der Waals surface area contributed by atoms with Crippen LogP contribution in [0.3, 0.4) is 0 Å². The summed E-state index contributed by atoms with van der Waals surface area (Å²) < 4.78 is 0. The molecule has 0 aliphatic heterocycles. The first-order valence-corrected chi connectivity index (χ1v) is 8.14. The molecule has 1 aromatic rings. The maximum Gasteiger partial charge on any atom is 0.222 e. The Bertz CT molecular complexity index is 496. The van der Waals surface area contributed by atoms with Gasteiger partial charge in [0.25, 0.3) is 0 Å². The van der Waals surface area contributed by atoms with Gasteiger partial charge in [0.05, 0.1) is 6.04 Å². The van der Waals surface area contributed by atoms with E-state index in [0.29, 0.717) is 12.3 Å². The van der Waals surface area contributed by atoms with E-state index >= 15 is 0 Å². The number of carbonyl (C=O) groups is 1. The summed E-state index contributed by atoms with van der Waals surface area (Å²) >= 11 is 0. The van der Waals surface area contributed by atoms with Crippen LogP contribution >= 0.6 is 0 Å². The normalized spacial score (nSPS) is 17.2. The average Bonchev–Trinajstić information content (AvgIpc) is 2.46. The summed E-state index contributed by atoms with van der Waals surface area (Å²) in [5.41, 5.74) is 10.1. The number of nitrogens with one attached hydrogen (secondary N) is 1. The summed E-state index contributed by atoms with van der Waals surface area (Å²) in [6, 6.07) is 6.62. The van der Waals surface area contributed by atoms with Crippen LogP contribution in [0.15, 0.2) is 18.2 Å². The molecule has 0 heterocycles. The SMILES string of the molecule is CC(NC(=O)CC(N)C(C)C)c1ccc2c(c1)CCCC2. The van der Waals surface area contributed by atoms with Gasteiger partial charge in [0.2, 0.25) is 5.91 Å². The molecule has 3 nitrogen and oxygen atoms in total. The topological polar surface area (TPSA) is 55.1 Å². The first kappa shape index (κ1) is 16.0. The van der Waals surface area contributed by atoms with Crippen molar-refractivity contribution in [1.29, 1.82) is 0 Å². The largest absolute Gasteiger partial charge is 0.350 e. The molecular weight excluding hydrogens is 260 g/mol. The van der Waals surface area contributed by atoms with Crippen molar-refractivity contribution >= 4 is 5.91 Å². The fourth-order valence-electron chi connectivity index (χ4n) is 2.86. The minimum Gasteiger partial charge on any atom is -0.350 e. The summed E-state index contributed by atoms with van der Waals surface area (Å²) in [6.45, 7) is 6.14. The second-order valence-electron chi connectivity index (χ2n) is 6.64. The van der Waals surface area contributed by atoms with Crippen molar-refractivity contribution in [2.75, 3.05) is 0 Å². The van der Waals surface area contributed by atoms with Crippen LogP contribution in [0.5, 0.6) is 0 Å². The van der Waals surface area contributed by atoms with Crippen LogP contribution in [0.4, 0.5) is 0 Å². The third-order valence-corrected chi connectivity index (χ3v) is 4.53. The zero-order valence-corrected chi connectivity index (χ0v) is 13.5. The van der Waals surface area contributed by atoms with E-state index in [-0.39, 0.29) is 18.0 Å². The van der Waals surface area contributed by atoms with Crippen LogP contribution in [0, 0.1) is 5.92 Å². The molecule has 1 aliphatic carbocycles.